The van der Waals surface area contributed by atoms with Gasteiger partial charge in [0.15, 0.2) is 0 Å². The number of piperidine rings is 1. The number of hydrogen-bond donors (Lipinski definition) is 0. The highest BCUT2D eigenvalue weighted by atomic mass is 16.5. The second-order valence-corrected chi connectivity index (χ2v) is 8.71. The van der Waals surface area contributed by atoms with Crippen LogP contribution < -0.4 is 0 Å². The Balaban J connectivity index is 1.21. The molecule has 0 aromatic carbocycles. The lowest BCUT2D eigenvalue weighted by Crippen LogP contribution is -2.47. The van der Waals surface area contributed by atoms with Gasteiger partial charge in [-0.3, -0.25) is 9.58 Å². The maximum atomic E-state index is 6.33. The Morgan fingerprint density at radius 1 is 1.23 bits per heavy atom. The first-order valence-electron chi connectivity index (χ1n) is 10.7. The fraction of sp³-hybridized carbons (Fsp3) is 0.857. The molecule has 2 aliphatic heterocycles. The summed E-state index contributed by atoms with van der Waals surface area (Å²) in [6, 6.07) is 0. The van der Waals surface area contributed by atoms with Crippen molar-refractivity contribution >= 4 is 0 Å². The topological polar surface area (TPSA) is 39.5 Å². The van der Waals surface area contributed by atoms with Gasteiger partial charge in [0, 0.05) is 58.3 Å². The monoisotopic (exact) mass is 361 g/mol. The zero-order valence-corrected chi connectivity index (χ0v) is 16.4. The van der Waals surface area contributed by atoms with Gasteiger partial charge in [-0.15, -0.1) is 0 Å². The molecule has 0 amide bonds. The fourth-order valence-electron chi connectivity index (χ4n) is 5.30. The molecule has 0 radical (unpaired) electrons. The molecule has 146 valence electrons. The molecule has 1 atom stereocenters. The highest BCUT2D eigenvalue weighted by molar-refractivity contribution is 5.05. The molecule has 3 aliphatic rings. The van der Waals surface area contributed by atoms with Crippen molar-refractivity contribution in [2.75, 3.05) is 32.9 Å². The summed E-state index contributed by atoms with van der Waals surface area (Å²) in [7, 11) is 1.99. The highest BCUT2D eigenvalue weighted by Gasteiger charge is 2.45. The molecule has 0 bridgehead atoms. The summed E-state index contributed by atoms with van der Waals surface area (Å²) >= 11 is 0. The summed E-state index contributed by atoms with van der Waals surface area (Å²) in [5, 5.41) is 4.29. The zero-order valence-electron chi connectivity index (χ0n) is 16.4. The van der Waals surface area contributed by atoms with Crippen molar-refractivity contribution in [2.45, 2.75) is 63.5 Å². The molecule has 1 aliphatic carbocycles. The SMILES string of the molecule is Cn1cc(CN2CCC3(CC2)OCCC3CCOCC2CCCC2)cn1. The molecule has 3 fully saturated rings. The lowest BCUT2D eigenvalue weighted by molar-refractivity contribution is -0.0734. The van der Waals surface area contributed by atoms with Crippen LogP contribution in [-0.2, 0) is 23.1 Å². The Hall–Kier alpha value is -0.910. The number of rotatable bonds is 7. The van der Waals surface area contributed by atoms with Crippen molar-refractivity contribution in [3.8, 4) is 0 Å². The molecule has 26 heavy (non-hydrogen) atoms. The quantitative estimate of drug-likeness (QED) is 0.698. The van der Waals surface area contributed by atoms with Crippen molar-refractivity contribution < 1.29 is 9.47 Å². The smallest absolute Gasteiger partial charge is 0.0736 e. The molecule has 5 nitrogen and oxygen atoms in total. The predicted octanol–water partition coefficient (Wildman–Crippen LogP) is 3.39. The van der Waals surface area contributed by atoms with Crippen LogP contribution in [0.2, 0.25) is 0 Å². The molecule has 2 saturated heterocycles. The minimum atomic E-state index is 0.127. The molecular formula is C21H35N3O2. The minimum Gasteiger partial charge on any atom is -0.381 e. The van der Waals surface area contributed by atoms with Crippen LogP contribution in [0.15, 0.2) is 12.4 Å². The molecule has 4 rings (SSSR count). The average Bonchev–Trinajstić information content (AvgIpc) is 3.37. The number of likely N-dealkylation sites (tertiary alicyclic amines) is 1. The maximum absolute atomic E-state index is 6.33. The largest absolute Gasteiger partial charge is 0.381 e. The first kappa shape index (κ1) is 18.5. The van der Waals surface area contributed by atoms with Gasteiger partial charge in [-0.1, -0.05) is 12.8 Å². The van der Waals surface area contributed by atoms with E-state index in [1.807, 2.05) is 17.9 Å². The lowest BCUT2D eigenvalue weighted by atomic mass is 9.78. The third kappa shape index (κ3) is 4.32. The standard InChI is InChI=1S/C21H35N3O2/c1-23-15-19(14-22-23)16-24-10-8-21(9-11-24)20(7-13-26-21)6-12-25-17-18-4-2-3-5-18/h14-15,18,20H,2-13,16-17H2,1H3. The van der Waals surface area contributed by atoms with Crippen LogP contribution in [0.25, 0.3) is 0 Å². The molecule has 1 spiro atoms. The number of aromatic nitrogens is 2. The second kappa shape index (κ2) is 8.41. The zero-order chi connectivity index (χ0) is 17.8. The van der Waals surface area contributed by atoms with Crippen LogP contribution in [0.5, 0.6) is 0 Å². The van der Waals surface area contributed by atoms with E-state index in [0.29, 0.717) is 5.92 Å². The van der Waals surface area contributed by atoms with E-state index < -0.39 is 0 Å². The van der Waals surface area contributed by atoms with Crippen LogP contribution >= 0.6 is 0 Å². The fourth-order valence-corrected chi connectivity index (χ4v) is 5.30. The summed E-state index contributed by atoms with van der Waals surface area (Å²) < 4.78 is 14.3. The van der Waals surface area contributed by atoms with Crippen molar-refractivity contribution in [2.24, 2.45) is 18.9 Å². The first-order chi connectivity index (χ1) is 12.7. The third-order valence-electron chi connectivity index (χ3n) is 6.91. The maximum Gasteiger partial charge on any atom is 0.0736 e. The van der Waals surface area contributed by atoms with Gasteiger partial charge in [0.05, 0.1) is 11.8 Å². The van der Waals surface area contributed by atoms with E-state index in [4.69, 9.17) is 9.47 Å². The van der Waals surface area contributed by atoms with E-state index in [1.54, 1.807) is 0 Å². The van der Waals surface area contributed by atoms with Gasteiger partial charge in [0.25, 0.3) is 0 Å². The van der Waals surface area contributed by atoms with Gasteiger partial charge in [-0.25, -0.2) is 0 Å². The molecule has 1 saturated carbocycles. The third-order valence-corrected chi connectivity index (χ3v) is 6.91. The Bertz CT molecular complexity index is 559. The average molecular weight is 362 g/mol. The molecule has 5 heteroatoms. The van der Waals surface area contributed by atoms with Gasteiger partial charge < -0.3 is 9.47 Å². The predicted molar refractivity (Wildman–Crippen MR) is 102 cm³/mol. The summed E-state index contributed by atoms with van der Waals surface area (Å²) in [6.07, 6.45) is 14.4. The molecule has 1 unspecified atom stereocenters. The molecule has 0 N–H and O–H groups in total. The molecule has 1 aromatic heterocycles. The van der Waals surface area contributed by atoms with E-state index in [-0.39, 0.29) is 5.60 Å². The lowest BCUT2D eigenvalue weighted by Gasteiger charge is -2.42. The van der Waals surface area contributed by atoms with Crippen molar-refractivity contribution in [3.63, 3.8) is 0 Å². The van der Waals surface area contributed by atoms with Crippen molar-refractivity contribution in [3.05, 3.63) is 18.0 Å². The van der Waals surface area contributed by atoms with Crippen LogP contribution in [0.3, 0.4) is 0 Å². The van der Waals surface area contributed by atoms with Gasteiger partial charge >= 0.3 is 0 Å². The van der Waals surface area contributed by atoms with Gasteiger partial charge in [0.2, 0.25) is 0 Å². The molecule has 3 heterocycles. The van der Waals surface area contributed by atoms with E-state index in [0.717, 1.165) is 45.4 Å². The Labute approximate surface area is 158 Å². The Morgan fingerprint density at radius 2 is 2.04 bits per heavy atom. The Kier molecular flexibility index (Phi) is 5.97. The summed E-state index contributed by atoms with van der Waals surface area (Å²) in [6.45, 7) is 6.13. The van der Waals surface area contributed by atoms with Gasteiger partial charge in [-0.05, 0) is 50.4 Å². The minimum absolute atomic E-state index is 0.127. The van der Waals surface area contributed by atoms with E-state index in [9.17, 15) is 0 Å². The molecular weight excluding hydrogens is 326 g/mol. The van der Waals surface area contributed by atoms with Crippen LogP contribution in [0, 0.1) is 11.8 Å². The number of ether oxygens (including phenoxy) is 2. The normalized spacial score (nSPS) is 26.9. The highest BCUT2D eigenvalue weighted by Crippen LogP contribution is 2.42. The number of aryl methyl sites for hydroxylation is 1. The van der Waals surface area contributed by atoms with Gasteiger partial charge in [0.1, 0.15) is 0 Å². The van der Waals surface area contributed by atoms with Gasteiger partial charge in [-0.2, -0.15) is 5.10 Å². The number of hydrogen-bond acceptors (Lipinski definition) is 4. The summed E-state index contributed by atoms with van der Waals surface area (Å²) in [5.41, 5.74) is 1.44. The van der Waals surface area contributed by atoms with Crippen LogP contribution in [0.4, 0.5) is 0 Å². The van der Waals surface area contributed by atoms with Crippen molar-refractivity contribution in [1.82, 2.24) is 14.7 Å². The Morgan fingerprint density at radius 3 is 2.77 bits per heavy atom. The van der Waals surface area contributed by atoms with Crippen LogP contribution in [-0.4, -0.2) is 53.2 Å². The second-order valence-electron chi connectivity index (χ2n) is 8.71. The van der Waals surface area contributed by atoms with Crippen molar-refractivity contribution in [1.29, 1.82) is 0 Å². The van der Waals surface area contributed by atoms with E-state index >= 15 is 0 Å². The van der Waals surface area contributed by atoms with E-state index in [2.05, 4.69) is 16.2 Å². The number of nitrogens with zero attached hydrogens (tertiary/aromatic N) is 3. The van der Waals surface area contributed by atoms with Crippen LogP contribution in [0.1, 0.15) is 56.9 Å². The van der Waals surface area contributed by atoms with E-state index in [1.165, 1.54) is 56.9 Å². The summed E-state index contributed by atoms with van der Waals surface area (Å²) in [5.74, 6) is 1.52. The summed E-state index contributed by atoms with van der Waals surface area (Å²) in [4.78, 5) is 2.55. The first-order valence-corrected chi connectivity index (χ1v) is 10.7. The molecule has 1 aromatic rings.